The number of nitrogens with zero attached hydrogens (tertiary/aromatic N) is 2. The predicted octanol–water partition coefficient (Wildman–Crippen LogP) is 1.64. The highest BCUT2D eigenvalue weighted by Crippen LogP contribution is 2.16. The van der Waals surface area contributed by atoms with Gasteiger partial charge in [-0.05, 0) is 30.7 Å². The van der Waals surface area contributed by atoms with Crippen LogP contribution in [-0.4, -0.2) is 25.7 Å². The SMILES string of the molecule is CC1=NNC(=O)C1=Cc1ccc(N(C)C)cc1. The molecule has 1 aromatic rings. The lowest BCUT2D eigenvalue weighted by molar-refractivity contribution is -0.116. The van der Waals surface area contributed by atoms with Crippen molar-refractivity contribution < 1.29 is 4.79 Å². The summed E-state index contributed by atoms with van der Waals surface area (Å²) in [5, 5.41) is 3.88. The minimum atomic E-state index is -0.140. The van der Waals surface area contributed by atoms with E-state index >= 15 is 0 Å². The first-order chi connectivity index (χ1) is 8.08. The summed E-state index contributed by atoms with van der Waals surface area (Å²) in [5.74, 6) is -0.140. The lowest BCUT2D eigenvalue weighted by Gasteiger charge is -2.11. The molecule has 4 heteroatoms. The lowest BCUT2D eigenvalue weighted by Crippen LogP contribution is -2.12. The molecule has 4 nitrogen and oxygen atoms in total. The van der Waals surface area contributed by atoms with E-state index in [1.54, 1.807) is 0 Å². The maximum Gasteiger partial charge on any atom is 0.273 e. The standard InChI is InChI=1S/C13H15N3O/c1-9-12(13(17)15-14-9)8-10-4-6-11(7-5-10)16(2)3/h4-8H,1-3H3,(H,15,17). The van der Waals surface area contributed by atoms with Gasteiger partial charge in [0.25, 0.3) is 5.91 Å². The van der Waals surface area contributed by atoms with E-state index in [9.17, 15) is 4.79 Å². The molecule has 0 spiro atoms. The van der Waals surface area contributed by atoms with Crippen LogP contribution >= 0.6 is 0 Å². The molecule has 88 valence electrons. The summed E-state index contributed by atoms with van der Waals surface area (Å²) < 4.78 is 0. The van der Waals surface area contributed by atoms with Crippen molar-refractivity contribution in [3.05, 3.63) is 35.4 Å². The third-order valence-electron chi connectivity index (χ3n) is 2.68. The fourth-order valence-corrected chi connectivity index (χ4v) is 1.62. The molecule has 0 saturated carbocycles. The smallest absolute Gasteiger partial charge is 0.273 e. The van der Waals surface area contributed by atoms with Crippen LogP contribution in [0.4, 0.5) is 5.69 Å². The second kappa shape index (κ2) is 4.41. The van der Waals surface area contributed by atoms with Gasteiger partial charge < -0.3 is 4.90 Å². The normalized spacial score (nSPS) is 17.0. The second-order valence-corrected chi connectivity index (χ2v) is 4.18. The van der Waals surface area contributed by atoms with E-state index in [2.05, 4.69) is 10.5 Å². The summed E-state index contributed by atoms with van der Waals surface area (Å²) in [5.41, 5.74) is 5.93. The molecule has 0 saturated heterocycles. The first-order valence-electron chi connectivity index (χ1n) is 5.42. The second-order valence-electron chi connectivity index (χ2n) is 4.18. The van der Waals surface area contributed by atoms with E-state index < -0.39 is 0 Å². The summed E-state index contributed by atoms with van der Waals surface area (Å²) >= 11 is 0. The van der Waals surface area contributed by atoms with Gasteiger partial charge in [0.1, 0.15) is 0 Å². The summed E-state index contributed by atoms with van der Waals surface area (Å²) in [7, 11) is 3.99. The highest BCUT2D eigenvalue weighted by Gasteiger charge is 2.18. The molecule has 1 N–H and O–H groups in total. The monoisotopic (exact) mass is 229 g/mol. The number of carbonyl (C=O) groups is 1. The molecule has 1 heterocycles. The van der Waals surface area contributed by atoms with Gasteiger partial charge in [-0.3, -0.25) is 4.79 Å². The third kappa shape index (κ3) is 2.36. The van der Waals surface area contributed by atoms with Crippen molar-refractivity contribution in [2.75, 3.05) is 19.0 Å². The van der Waals surface area contributed by atoms with Crippen LogP contribution < -0.4 is 10.3 Å². The maximum atomic E-state index is 11.5. The molecule has 0 atom stereocenters. The van der Waals surface area contributed by atoms with E-state index in [1.807, 2.05) is 56.3 Å². The van der Waals surface area contributed by atoms with Crippen molar-refractivity contribution in [2.24, 2.45) is 5.10 Å². The molecule has 0 aliphatic carbocycles. The van der Waals surface area contributed by atoms with Gasteiger partial charge in [0, 0.05) is 19.8 Å². The predicted molar refractivity (Wildman–Crippen MR) is 70.0 cm³/mol. The molecule has 17 heavy (non-hydrogen) atoms. The van der Waals surface area contributed by atoms with Gasteiger partial charge in [0.15, 0.2) is 0 Å². The molecule has 1 amide bonds. The average molecular weight is 229 g/mol. The van der Waals surface area contributed by atoms with Crippen molar-refractivity contribution >= 4 is 23.4 Å². The van der Waals surface area contributed by atoms with Crippen LogP contribution in [0.5, 0.6) is 0 Å². The van der Waals surface area contributed by atoms with Gasteiger partial charge in [-0.2, -0.15) is 5.10 Å². The Morgan fingerprint density at radius 3 is 2.35 bits per heavy atom. The number of hydrogen-bond donors (Lipinski definition) is 1. The van der Waals surface area contributed by atoms with Crippen LogP contribution in [0, 0.1) is 0 Å². The van der Waals surface area contributed by atoms with Crippen LogP contribution in [0.15, 0.2) is 34.9 Å². The molecule has 1 aliphatic rings. The van der Waals surface area contributed by atoms with Gasteiger partial charge in [0.2, 0.25) is 0 Å². The Kier molecular flexibility index (Phi) is 2.95. The molecular formula is C13H15N3O. The Morgan fingerprint density at radius 1 is 1.24 bits per heavy atom. The quantitative estimate of drug-likeness (QED) is 0.783. The zero-order valence-corrected chi connectivity index (χ0v) is 10.2. The fourth-order valence-electron chi connectivity index (χ4n) is 1.62. The zero-order valence-electron chi connectivity index (χ0n) is 10.2. The Bertz CT molecular complexity index is 498. The van der Waals surface area contributed by atoms with Crippen molar-refractivity contribution in [2.45, 2.75) is 6.92 Å². The number of hydrazone groups is 1. The van der Waals surface area contributed by atoms with Gasteiger partial charge in [-0.25, -0.2) is 5.43 Å². The third-order valence-corrected chi connectivity index (χ3v) is 2.68. The van der Waals surface area contributed by atoms with E-state index in [1.165, 1.54) is 0 Å². The Hall–Kier alpha value is -2.10. The zero-order chi connectivity index (χ0) is 12.4. The Balaban J connectivity index is 2.27. The van der Waals surface area contributed by atoms with Gasteiger partial charge in [-0.15, -0.1) is 0 Å². The van der Waals surface area contributed by atoms with Crippen LogP contribution in [0.1, 0.15) is 12.5 Å². The molecule has 0 fully saturated rings. The van der Waals surface area contributed by atoms with E-state index in [0.717, 1.165) is 17.0 Å². The number of carbonyl (C=O) groups excluding carboxylic acids is 1. The molecule has 1 aliphatic heterocycles. The van der Waals surface area contributed by atoms with E-state index in [4.69, 9.17) is 0 Å². The number of benzene rings is 1. The number of amides is 1. The fraction of sp³-hybridized carbons (Fsp3) is 0.231. The molecule has 1 aromatic carbocycles. The van der Waals surface area contributed by atoms with E-state index in [0.29, 0.717) is 5.57 Å². The number of rotatable bonds is 2. The highest BCUT2D eigenvalue weighted by atomic mass is 16.2. The summed E-state index contributed by atoms with van der Waals surface area (Å²) in [4.78, 5) is 13.5. The molecule has 0 aromatic heterocycles. The Morgan fingerprint density at radius 2 is 1.88 bits per heavy atom. The minimum absolute atomic E-state index is 0.140. The van der Waals surface area contributed by atoms with Crippen LogP contribution in [0.3, 0.4) is 0 Å². The van der Waals surface area contributed by atoms with Crippen LogP contribution in [0.25, 0.3) is 6.08 Å². The van der Waals surface area contributed by atoms with Crippen molar-refractivity contribution in [3.8, 4) is 0 Å². The topological polar surface area (TPSA) is 44.7 Å². The Labute approximate surface area is 101 Å². The molecule has 0 bridgehead atoms. The average Bonchev–Trinajstić information content (AvgIpc) is 2.61. The number of nitrogens with one attached hydrogen (secondary N) is 1. The van der Waals surface area contributed by atoms with Crippen molar-refractivity contribution in [1.29, 1.82) is 0 Å². The summed E-state index contributed by atoms with van der Waals surface area (Å²) in [6, 6.07) is 8.01. The molecule has 0 unspecified atom stereocenters. The summed E-state index contributed by atoms with van der Waals surface area (Å²) in [6.07, 6.45) is 1.85. The first-order valence-corrected chi connectivity index (χ1v) is 5.42. The van der Waals surface area contributed by atoms with Gasteiger partial charge >= 0.3 is 0 Å². The molecule has 0 radical (unpaired) electrons. The molecular weight excluding hydrogens is 214 g/mol. The summed E-state index contributed by atoms with van der Waals surface area (Å²) in [6.45, 7) is 1.82. The van der Waals surface area contributed by atoms with E-state index in [-0.39, 0.29) is 5.91 Å². The van der Waals surface area contributed by atoms with Crippen LogP contribution in [-0.2, 0) is 4.79 Å². The number of anilines is 1. The largest absolute Gasteiger partial charge is 0.378 e. The van der Waals surface area contributed by atoms with Gasteiger partial charge in [-0.1, -0.05) is 12.1 Å². The maximum absolute atomic E-state index is 11.5. The van der Waals surface area contributed by atoms with Crippen molar-refractivity contribution in [1.82, 2.24) is 5.43 Å². The van der Waals surface area contributed by atoms with Crippen molar-refractivity contribution in [3.63, 3.8) is 0 Å². The lowest BCUT2D eigenvalue weighted by atomic mass is 10.1. The number of hydrogen-bond acceptors (Lipinski definition) is 3. The first kappa shape index (κ1) is 11.4. The highest BCUT2D eigenvalue weighted by molar-refractivity contribution is 6.26. The molecule has 2 rings (SSSR count). The van der Waals surface area contributed by atoms with Crippen LogP contribution in [0.2, 0.25) is 0 Å². The minimum Gasteiger partial charge on any atom is -0.378 e. The van der Waals surface area contributed by atoms with Gasteiger partial charge in [0.05, 0.1) is 11.3 Å².